The van der Waals surface area contributed by atoms with Crippen molar-refractivity contribution in [3.8, 4) is 0 Å². The third-order valence-corrected chi connectivity index (χ3v) is 5.17. The molecule has 0 radical (unpaired) electrons. The fourth-order valence-electron chi connectivity index (χ4n) is 2.10. The number of hydrogen-bond acceptors (Lipinski definition) is 2. The molecule has 1 atom stereocenters. The Morgan fingerprint density at radius 3 is 2.53 bits per heavy atom. The summed E-state index contributed by atoms with van der Waals surface area (Å²) in [6, 6.07) is 4.07. The van der Waals surface area contributed by atoms with Crippen molar-refractivity contribution in [2.45, 2.75) is 26.8 Å². The highest BCUT2D eigenvalue weighted by Crippen LogP contribution is 2.41. The molecule has 1 unspecified atom stereocenters. The predicted octanol–water partition coefficient (Wildman–Crippen LogP) is 5.19. The van der Waals surface area contributed by atoms with E-state index in [1.165, 1.54) is 10.4 Å². The van der Waals surface area contributed by atoms with E-state index in [-0.39, 0.29) is 0 Å². The predicted molar refractivity (Wildman–Crippen MR) is 78.7 cm³/mol. The molecule has 1 aromatic heterocycles. The average molecular weight is 288 g/mol. The molecule has 0 aliphatic carbocycles. The Morgan fingerprint density at radius 1 is 1.29 bits per heavy atom. The van der Waals surface area contributed by atoms with Crippen LogP contribution in [0.4, 0.5) is 0 Å². The molecule has 1 N–H and O–H groups in total. The van der Waals surface area contributed by atoms with Crippen molar-refractivity contribution in [3.63, 3.8) is 0 Å². The maximum atomic E-state index is 6.26. The third-order valence-electron chi connectivity index (χ3n) is 2.92. The van der Waals surface area contributed by atoms with Crippen LogP contribution in [0.5, 0.6) is 0 Å². The molecule has 1 heterocycles. The Bertz CT molecular complexity index is 548. The van der Waals surface area contributed by atoms with Gasteiger partial charge in [-0.2, -0.15) is 0 Å². The lowest BCUT2D eigenvalue weighted by Crippen LogP contribution is -2.17. The molecule has 1 nitrogen and oxygen atoms in total. The van der Waals surface area contributed by atoms with E-state index in [0.717, 1.165) is 26.7 Å². The topological polar surface area (TPSA) is 12.0 Å². The smallest absolute Gasteiger partial charge is 0.0585 e. The van der Waals surface area contributed by atoms with Crippen LogP contribution in [0.15, 0.2) is 12.1 Å². The molecule has 0 aliphatic heterocycles. The maximum Gasteiger partial charge on any atom is 0.0585 e. The van der Waals surface area contributed by atoms with Gasteiger partial charge in [-0.25, -0.2) is 0 Å². The van der Waals surface area contributed by atoms with Gasteiger partial charge < -0.3 is 5.32 Å². The molecule has 0 amide bonds. The van der Waals surface area contributed by atoms with Crippen LogP contribution in [0.1, 0.15) is 30.3 Å². The van der Waals surface area contributed by atoms with E-state index in [9.17, 15) is 0 Å². The Hall–Kier alpha value is -0.280. The lowest BCUT2D eigenvalue weighted by molar-refractivity contribution is 0.605. The van der Waals surface area contributed by atoms with Gasteiger partial charge in [0, 0.05) is 21.3 Å². The van der Waals surface area contributed by atoms with Gasteiger partial charge in [0.1, 0.15) is 0 Å². The van der Waals surface area contributed by atoms with Crippen LogP contribution >= 0.6 is 34.5 Å². The van der Waals surface area contributed by atoms with Gasteiger partial charge in [-0.15, -0.1) is 11.3 Å². The molecule has 17 heavy (non-hydrogen) atoms. The zero-order chi connectivity index (χ0) is 12.6. The minimum atomic E-state index is 0.338. The highest BCUT2D eigenvalue weighted by atomic mass is 35.5. The first-order valence-corrected chi connectivity index (χ1v) is 7.23. The molecule has 2 aromatic rings. The summed E-state index contributed by atoms with van der Waals surface area (Å²) < 4.78 is 1.09. The van der Waals surface area contributed by atoms with Gasteiger partial charge >= 0.3 is 0 Å². The summed E-state index contributed by atoms with van der Waals surface area (Å²) >= 11 is 14.2. The second kappa shape index (κ2) is 5.15. The summed E-state index contributed by atoms with van der Waals surface area (Å²) in [6.45, 7) is 7.35. The molecule has 0 spiro atoms. The molecule has 4 heteroatoms. The summed E-state index contributed by atoms with van der Waals surface area (Å²) in [5, 5.41) is 6.10. The van der Waals surface area contributed by atoms with E-state index in [1.54, 1.807) is 11.3 Å². The summed E-state index contributed by atoms with van der Waals surface area (Å²) in [5.74, 6) is 0. The van der Waals surface area contributed by atoms with Crippen LogP contribution in [-0.4, -0.2) is 6.54 Å². The Morgan fingerprint density at radius 2 is 1.94 bits per heavy atom. The lowest BCUT2D eigenvalue weighted by Gasteiger charge is -2.11. The second-order valence-electron chi connectivity index (χ2n) is 4.10. The highest BCUT2D eigenvalue weighted by Gasteiger charge is 2.17. The third kappa shape index (κ3) is 2.32. The number of nitrogens with one attached hydrogen (secondary N) is 1. The van der Waals surface area contributed by atoms with E-state index >= 15 is 0 Å². The number of fused-ring (bicyclic) bond motifs is 1. The second-order valence-corrected chi connectivity index (χ2v) is 5.97. The number of halogens is 2. The van der Waals surface area contributed by atoms with Crippen molar-refractivity contribution in [1.29, 1.82) is 0 Å². The molecule has 0 bridgehead atoms. The first kappa shape index (κ1) is 13.2. The van der Waals surface area contributed by atoms with E-state index in [4.69, 9.17) is 23.2 Å². The number of rotatable bonds is 3. The van der Waals surface area contributed by atoms with Crippen molar-refractivity contribution >= 4 is 44.6 Å². The van der Waals surface area contributed by atoms with Gasteiger partial charge in [0.2, 0.25) is 0 Å². The first-order chi connectivity index (χ1) is 8.06. The van der Waals surface area contributed by atoms with E-state index in [2.05, 4.69) is 26.1 Å². The molecule has 0 fully saturated rings. The average Bonchev–Trinajstić information content (AvgIpc) is 2.63. The maximum absolute atomic E-state index is 6.26. The number of aryl methyl sites for hydroxylation is 1. The largest absolute Gasteiger partial charge is 0.310 e. The monoisotopic (exact) mass is 287 g/mol. The fourth-order valence-corrected chi connectivity index (χ4v) is 4.00. The van der Waals surface area contributed by atoms with Gasteiger partial charge in [-0.05, 0) is 38.1 Å². The van der Waals surface area contributed by atoms with Gasteiger partial charge in [-0.1, -0.05) is 30.1 Å². The normalized spacial score (nSPS) is 13.2. The molecule has 0 aliphatic rings. The summed E-state index contributed by atoms with van der Waals surface area (Å²) in [5.41, 5.74) is 1.24. The van der Waals surface area contributed by atoms with Crippen molar-refractivity contribution in [2.75, 3.05) is 6.54 Å². The zero-order valence-corrected chi connectivity index (χ0v) is 12.4. The van der Waals surface area contributed by atoms with Crippen LogP contribution in [0.3, 0.4) is 0 Å². The van der Waals surface area contributed by atoms with Crippen LogP contribution in [0, 0.1) is 6.92 Å². The minimum absolute atomic E-state index is 0.338. The number of benzene rings is 1. The van der Waals surface area contributed by atoms with Gasteiger partial charge in [0.15, 0.2) is 0 Å². The van der Waals surface area contributed by atoms with Gasteiger partial charge in [-0.3, -0.25) is 0 Å². The first-order valence-electron chi connectivity index (χ1n) is 5.66. The Balaban J connectivity index is 2.64. The van der Waals surface area contributed by atoms with Gasteiger partial charge in [0.25, 0.3) is 0 Å². The standard InChI is InChI=1S/C13H15Cl2NS/c1-4-16-8(3)12-7(2)11-9(14)5-6-10(15)13(11)17-12/h5-6,8,16H,4H2,1-3H3. The Kier molecular flexibility index (Phi) is 3.99. The summed E-state index contributed by atoms with van der Waals surface area (Å²) in [6.07, 6.45) is 0. The molecule has 2 rings (SSSR count). The van der Waals surface area contributed by atoms with E-state index in [1.807, 2.05) is 12.1 Å². The molecule has 0 saturated carbocycles. The zero-order valence-electron chi connectivity index (χ0n) is 10.1. The van der Waals surface area contributed by atoms with Crippen molar-refractivity contribution in [2.24, 2.45) is 0 Å². The van der Waals surface area contributed by atoms with Crippen molar-refractivity contribution < 1.29 is 0 Å². The molecular weight excluding hydrogens is 273 g/mol. The SMILES string of the molecule is CCNC(C)c1sc2c(Cl)ccc(Cl)c2c1C. The van der Waals surface area contributed by atoms with Gasteiger partial charge in [0.05, 0.1) is 9.72 Å². The van der Waals surface area contributed by atoms with Crippen molar-refractivity contribution in [1.82, 2.24) is 5.32 Å². The summed E-state index contributed by atoms with van der Waals surface area (Å²) in [7, 11) is 0. The van der Waals surface area contributed by atoms with Crippen LogP contribution < -0.4 is 5.32 Å². The quantitative estimate of drug-likeness (QED) is 0.819. The number of hydrogen-bond donors (Lipinski definition) is 1. The molecule has 92 valence electrons. The van der Waals surface area contributed by atoms with E-state index in [0.29, 0.717) is 6.04 Å². The van der Waals surface area contributed by atoms with Crippen LogP contribution in [0.2, 0.25) is 10.0 Å². The fraction of sp³-hybridized carbons (Fsp3) is 0.385. The minimum Gasteiger partial charge on any atom is -0.310 e. The van der Waals surface area contributed by atoms with Crippen molar-refractivity contribution in [3.05, 3.63) is 32.6 Å². The highest BCUT2D eigenvalue weighted by molar-refractivity contribution is 7.20. The van der Waals surface area contributed by atoms with Crippen LogP contribution in [-0.2, 0) is 0 Å². The number of thiophene rings is 1. The summed E-state index contributed by atoms with van der Waals surface area (Å²) in [4.78, 5) is 1.32. The lowest BCUT2D eigenvalue weighted by atomic mass is 10.1. The Labute approximate surface area is 116 Å². The molecule has 0 saturated heterocycles. The molecular formula is C13H15Cl2NS. The molecule has 1 aromatic carbocycles. The van der Waals surface area contributed by atoms with E-state index < -0.39 is 0 Å². The van der Waals surface area contributed by atoms with Crippen LogP contribution in [0.25, 0.3) is 10.1 Å².